The molecule has 0 heterocycles. The molecule has 3 rings (SSSR count). The highest BCUT2D eigenvalue weighted by Gasteiger charge is 2.08. The molecule has 0 aliphatic carbocycles. The largest absolute Gasteiger partial charge is 0.480 e. The van der Waals surface area contributed by atoms with Crippen molar-refractivity contribution in [3.63, 3.8) is 0 Å². The van der Waals surface area contributed by atoms with Gasteiger partial charge in [-0.2, -0.15) is 0 Å². The molecule has 1 amide bonds. The molecule has 2 N–H and O–H groups in total. The molecular formula is C17H13NO3. The van der Waals surface area contributed by atoms with Gasteiger partial charge in [0.2, 0.25) is 0 Å². The predicted octanol–water partition coefficient (Wildman–Crippen LogP) is 2.81. The highest BCUT2D eigenvalue weighted by atomic mass is 16.4. The molecule has 4 nitrogen and oxygen atoms in total. The molecule has 0 aliphatic rings. The normalized spacial score (nSPS) is 10.7. The fraction of sp³-hybridized carbons (Fsp3) is 0.0588. The summed E-state index contributed by atoms with van der Waals surface area (Å²) < 4.78 is 0. The third-order valence-corrected chi connectivity index (χ3v) is 3.37. The average molecular weight is 279 g/mol. The predicted molar refractivity (Wildman–Crippen MR) is 81.4 cm³/mol. The summed E-state index contributed by atoms with van der Waals surface area (Å²) >= 11 is 0. The van der Waals surface area contributed by atoms with Crippen LogP contribution in [0, 0.1) is 0 Å². The Hall–Kier alpha value is -2.88. The van der Waals surface area contributed by atoms with Gasteiger partial charge in [0.25, 0.3) is 5.91 Å². The summed E-state index contributed by atoms with van der Waals surface area (Å²) in [5.74, 6) is -1.44. The zero-order chi connectivity index (χ0) is 14.8. The molecule has 104 valence electrons. The topological polar surface area (TPSA) is 66.4 Å². The molecule has 3 aromatic carbocycles. The second kappa shape index (κ2) is 5.25. The molecule has 0 spiro atoms. The third kappa shape index (κ3) is 2.69. The summed E-state index contributed by atoms with van der Waals surface area (Å²) in [5.41, 5.74) is 0.457. The van der Waals surface area contributed by atoms with Crippen LogP contribution >= 0.6 is 0 Å². The lowest BCUT2D eigenvalue weighted by Crippen LogP contribution is -2.29. The number of nitrogens with one attached hydrogen (secondary N) is 1. The van der Waals surface area contributed by atoms with E-state index in [2.05, 4.69) is 11.4 Å². The monoisotopic (exact) mass is 279 g/mol. The number of carboxylic acids is 1. The van der Waals surface area contributed by atoms with Crippen molar-refractivity contribution in [1.82, 2.24) is 5.32 Å². The molecule has 0 radical (unpaired) electrons. The molecule has 0 atom stereocenters. The second-order valence-electron chi connectivity index (χ2n) is 4.84. The van der Waals surface area contributed by atoms with Crippen LogP contribution in [-0.4, -0.2) is 23.5 Å². The van der Waals surface area contributed by atoms with Crippen LogP contribution in [0.25, 0.3) is 21.5 Å². The second-order valence-corrected chi connectivity index (χ2v) is 4.84. The van der Waals surface area contributed by atoms with Crippen molar-refractivity contribution in [3.05, 3.63) is 60.2 Å². The Labute approximate surface area is 121 Å². The lowest BCUT2D eigenvalue weighted by Gasteiger charge is -2.06. The Morgan fingerprint density at radius 1 is 0.857 bits per heavy atom. The van der Waals surface area contributed by atoms with Gasteiger partial charge >= 0.3 is 5.97 Å². The average Bonchev–Trinajstić information content (AvgIpc) is 2.50. The maximum absolute atomic E-state index is 11.9. The van der Waals surface area contributed by atoms with Crippen molar-refractivity contribution < 1.29 is 14.7 Å². The summed E-state index contributed by atoms with van der Waals surface area (Å²) in [7, 11) is 0. The fourth-order valence-corrected chi connectivity index (χ4v) is 2.34. The first kappa shape index (κ1) is 13.1. The van der Waals surface area contributed by atoms with Gasteiger partial charge in [0.15, 0.2) is 0 Å². The van der Waals surface area contributed by atoms with E-state index in [1.165, 1.54) is 0 Å². The first-order valence-electron chi connectivity index (χ1n) is 6.56. The van der Waals surface area contributed by atoms with E-state index >= 15 is 0 Å². The summed E-state index contributed by atoms with van der Waals surface area (Å²) in [5, 5.41) is 15.2. The maximum atomic E-state index is 11.9. The van der Waals surface area contributed by atoms with Gasteiger partial charge in [0, 0.05) is 5.56 Å². The number of fused-ring (bicyclic) bond motifs is 2. The standard InChI is InChI=1S/C17H13NO3/c19-16(20)10-18-17(21)14-6-5-13-7-11-3-1-2-4-12(11)8-15(13)9-14/h1-9H,10H2,(H,18,21)(H,19,20). The number of hydrogen-bond acceptors (Lipinski definition) is 2. The Morgan fingerprint density at radius 3 is 2.14 bits per heavy atom. The van der Waals surface area contributed by atoms with Crippen LogP contribution in [0.3, 0.4) is 0 Å². The Kier molecular flexibility index (Phi) is 3.28. The SMILES string of the molecule is O=C(O)CNC(=O)c1ccc2cc3ccccc3cc2c1. The number of hydrogen-bond donors (Lipinski definition) is 2. The van der Waals surface area contributed by atoms with Crippen molar-refractivity contribution in [3.8, 4) is 0 Å². The van der Waals surface area contributed by atoms with Crippen molar-refractivity contribution in [2.45, 2.75) is 0 Å². The van der Waals surface area contributed by atoms with Crippen LogP contribution in [0.2, 0.25) is 0 Å². The number of carbonyl (C=O) groups is 2. The Morgan fingerprint density at radius 2 is 1.48 bits per heavy atom. The smallest absolute Gasteiger partial charge is 0.322 e. The van der Waals surface area contributed by atoms with E-state index < -0.39 is 5.97 Å². The minimum absolute atomic E-state index is 0.380. The van der Waals surface area contributed by atoms with Crippen LogP contribution in [-0.2, 0) is 4.79 Å². The molecule has 21 heavy (non-hydrogen) atoms. The van der Waals surface area contributed by atoms with Crippen molar-refractivity contribution in [2.75, 3.05) is 6.54 Å². The van der Waals surface area contributed by atoms with Gasteiger partial charge in [-0.1, -0.05) is 30.3 Å². The minimum atomic E-state index is -1.06. The zero-order valence-corrected chi connectivity index (χ0v) is 11.2. The van der Waals surface area contributed by atoms with Crippen LogP contribution in [0.15, 0.2) is 54.6 Å². The summed E-state index contributed by atoms with van der Waals surface area (Å²) in [4.78, 5) is 22.4. The summed E-state index contributed by atoms with van der Waals surface area (Å²) in [6, 6.07) is 17.5. The van der Waals surface area contributed by atoms with E-state index in [0.29, 0.717) is 5.56 Å². The molecule has 0 aromatic heterocycles. The van der Waals surface area contributed by atoms with E-state index in [1.54, 1.807) is 12.1 Å². The van der Waals surface area contributed by atoms with Crippen LogP contribution in [0.4, 0.5) is 0 Å². The van der Waals surface area contributed by atoms with Gasteiger partial charge in [0.05, 0.1) is 0 Å². The minimum Gasteiger partial charge on any atom is -0.480 e. The van der Waals surface area contributed by atoms with Gasteiger partial charge in [-0.25, -0.2) is 0 Å². The summed E-state index contributed by atoms with van der Waals surface area (Å²) in [6.45, 7) is -0.380. The van der Waals surface area contributed by atoms with E-state index in [1.807, 2.05) is 36.4 Å². The first-order valence-corrected chi connectivity index (χ1v) is 6.56. The quantitative estimate of drug-likeness (QED) is 0.724. The number of carboxylic acid groups (broad SMARTS) is 1. The van der Waals surface area contributed by atoms with Crippen molar-refractivity contribution >= 4 is 33.4 Å². The van der Waals surface area contributed by atoms with E-state index in [4.69, 9.17) is 5.11 Å². The molecule has 0 aliphatic heterocycles. The molecule has 0 saturated heterocycles. The Bertz CT molecular complexity index is 855. The van der Waals surface area contributed by atoms with Crippen LogP contribution < -0.4 is 5.32 Å². The lowest BCUT2D eigenvalue weighted by molar-refractivity contribution is -0.135. The molecule has 0 fully saturated rings. The molecule has 0 saturated carbocycles. The van der Waals surface area contributed by atoms with Crippen LogP contribution in [0.1, 0.15) is 10.4 Å². The number of amides is 1. The van der Waals surface area contributed by atoms with Gasteiger partial charge in [-0.05, 0) is 45.8 Å². The van der Waals surface area contributed by atoms with Gasteiger partial charge in [-0.3, -0.25) is 9.59 Å². The van der Waals surface area contributed by atoms with E-state index in [-0.39, 0.29) is 12.5 Å². The number of benzene rings is 3. The number of carbonyl (C=O) groups excluding carboxylic acids is 1. The Balaban J connectivity index is 2.01. The van der Waals surface area contributed by atoms with E-state index in [9.17, 15) is 9.59 Å². The highest BCUT2D eigenvalue weighted by molar-refractivity contribution is 6.03. The van der Waals surface area contributed by atoms with Gasteiger partial charge < -0.3 is 10.4 Å². The molecule has 4 heteroatoms. The van der Waals surface area contributed by atoms with E-state index in [0.717, 1.165) is 21.5 Å². The summed E-state index contributed by atoms with van der Waals surface area (Å²) in [6.07, 6.45) is 0. The van der Waals surface area contributed by atoms with Gasteiger partial charge in [-0.15, -0.1) is 0 Å². The highest BCUT2D eigenvalue weighted by Crippen LogP contribution is 2.23. The molecule has 0 unspecified atom stereocenters. The number of rotatable bonds is 3. The third-order valence-electron chi connectivity index (χ3n) is 3.37. The molecular weight excluding hydrogens is 266 g/mol. The fourth-order valence-electron chi connectivity index (χ4n) is 2.34. The zero-order valence-electron chi connectivity index (χ0n) is 11.2. The first-order chi connectivity index (χ1) is 10.1. The molecule has 0 bridgehead atoms. The number of aliphatic carboxylic acids is 1. The maximum Gasteiger partial charge on any atom is 0.322 e. The van der Waals surface area contributed by atoms with Crippen molar-refractivity contribution in [1.29, 1.82) is 0 Å². The molecule has 3 aromatic rings. The lowest BCUT2D eigenvalue weighted by atomic mass is 10.0. The van der Waals surface area contributed by atoms with Gasteiger partial charge in [0.1, 0.15) is 6.54 Å². The van der Waals surface area contributed by atoms with Crippen LogP contribution in [0.5, 0.6) is 0 Å². The van der Waals surface area contributed by atoms with Crippen molar-refractivity contribution in [2.24, 2.45) is 0 Å².